The van der Waals surface area contributed by atoms with Crippen molar-refractivity contribution < 1.29 is 4.74 Å². The molecule has 150 valence electrons. The number of nitrogens with zero attached hydrogens (tertiary/aromatic N) is 3. The van der Waals surface area contributed by atoms with Crippen LogP contribution in [-0.2, 0) is 13.1 Å². The van der Waals surface area contributed by atoms with Crippen LogP contribution in [0.5, 0.6) is 11.8 Å². The summed E-state index contributed by atoms with van der Waals surface area (Å²) in [6.45, 7) is 4.04. The van der Waals surface area contributed by atoms with Crippen LogP contribution in [0.15, 0.2) is 67.0 Å². The number of halogens is 1. The van der Waals surface area contributed by atoms with Gasteiger partial charge in [-0.3, -0.25) is 4.90 Å². The van der Waals surface area contributed by atoms with Gasteiger partial charge in [-0.2, -0.15) is 0 Å². The quantitative estimate of drug-likeness (QED) is 0.615. The number of ether oxygens (including phenoxy) is 1. The molecule has 2 heterocycles. The van der Waals surface area contributed by atoms with Crippen molar-refractivity contribution in [3.05, 3.63) is 83.1 Å². The van der Waals surface area contributed by atoms with Gasteiger partial charge in [0.15, 0.2) is 0 Å². The molecule has 1 atom stereocenters. The van der Waals surface area contributed by atoms with E-state index >= 15 is 0 Å². The van der Waals surface area contributed by atoms with Crippen LogP contribution in [0.4, 0.5) is 0 Å². The molecule has 0 amide bonds. The summed E-state index contributed by atoms with van der Waals surface area (Å²) >= 11 is 5.99. The first-order chi connectivity index (χ1) is 14.2. The largest absolute Gasteiger partial charge is 0.424 e. The van der Waals surface area contributed by atoms with E-state index in [4.69, 9.17) is 16.3 Å². The number of hydrogen-bond acceptors (Lipinski definition) is 5. The molecule has 0 bridgehead atoms. The van der Waals surface area contributed by atoms with Crippen molar-refractivity contribution in [3.63, 3.8) is 0 Å². The van der Waals surface area contributed by atoms with Crippen LogP contribution in [0.25, 0.3) is 0 Å². The van der Waals surface area contributed by atoms with Crippen LogP contribution in [0.3, 0.4) is 0 Å². The third kappa shape index (κ3) is 6.00. The molecule has 1 N–H and O–H groups in total. The van der Waals surface area contributed by atoms with E-state index in [9.17, 15) is 0 Å². The number of likely N-dealkylation sites (tertiary alicyclic amines) is 1. The fourth-order valence-corrected chi connectivity index (χ4v) is 3.72. The SMILES string of the molecule is Clc1ccc(CN2CCC[C@@H](NCc3ccc(Oc4ncccn4)cc3)C2)cc1. The van der Waals surface area contributed by atoms with Gasteiger partial charge in [-0.25, -0.2) is 9.97 Å². The minimum Gasteiger partial charge on any atom is -0.424 e. The van der Waals surface area contributed by atoms with Gasteiger partial charge in [0.1, 0.15) is 5.75 Å². The van der Waals surface area contributed by atoms with E-state index in [0.29, 0.717) is 12.1 Å². The molecule has 0 radical (unpaired) electrons. The Morgan fingerprint density at radius 1 is 1.00 bits per heavy atom. The summed E-state index contributed by atoms with van der Waals surface area (Å²) in [6.07, 6.45) is 5.76. The average molecular weight is 409 g/mol. The van der Waals surface area contributed by atoms with Gasteiger partial charge in [-0.1, -0.05) is 35.9 Å². The first-order valence-corrected chi connectivity index (χ1v) is 10.4. The van der Waals surface area contributed by atoms with Crippen LogP contribution < -0.4 is 10.1 Å². The summed E-state index contributed by atoms with van der Waals surface area (Å²) in [5, 5.41) is 4.49. The van der Waals surface area contributed by atoms with E-state index in [1.54, 1.807) is 18.5 Å². The smallest absolute Gasteiger partial charge is 0.321 e. The summed E-state index contributed by atoms with van der Waals surface area (Å²) in [5.74, 6) is 0.742. The van der Waals surface area contributed by atoms with E-state index in [0.717, 1.165) is 37.0 Å². The molecule has 4 rings (SSSR count). The molecule has 1 aromatic heterocycles. The van der Waals surface area contributed by atoms with E-state index in [1.807, 2.05) is 24.3 Å². The van der Waals surface area contributed by atoms with Crippen molar-refractivity contribution >= 4 is 11.6 Å². The second-order valence-electron chi connectivity index (χ2n) is 7.36. The van der Waals surface area contributed by atoms with Crippen molar-refractivity contribution in [3.8, 4) is 11.8 Å². The van der Waals surface area contributed by atoms with E-state index in [1.165, 1.54) is 24.0 Å². The molecule has 1 aliphatic heterocycles. The maximum atomic E-state index is 5.99. The highest BCUT2D eigenvalue weighted by Gasteiger charge is 2.19. The molecule has 3 aromatic rings. The van der Waals surface area contributed by atoms with Gasteiger partial charge in [-0.05, 0) is 60.8 Å². The number of piperidine rings is 1. The Morgan fingerprint density at radius 2 is 1.72 bits per heavy atom. The summed E-state index contributed by atoms with van der Waals surface area (Å²) < 4.78 is 5.65. The lowest BCUT2D eigenvalue weighted by atomic mass is 10.0. The van der Waals surface area contributed by atoms with E-state index < -0.39 is 0 Å². The minimum absolute atomic E-state index is 0.362. The van der Waals surface area contributed by atoms with Gasteiger partial charge in [0.25, 0.3) is 0 Å². The Hall–Kier alpha value is -2.47. The molecule has 0 spiro atoms. The zero-order valence-corrected chi connectivity index (χ0v) is 17.1. The van der Waals surface area contributed by atoms with Crippen LogP contribution >= 0.6 is 11.6 Å². The van der Waals surface area contributed by atoms with Gasteiger partial charge >= 0.3 is 6.01 Å². The van der Waals surface area contributed by atoms with Crippen molar-refractivity contribution in [2.75, 3.05) is 13.1 Å². The number of aromatic nitrogens is 2. The molecule has 1 fully saturated rings. The van der Waals surface area contributed by atoms with Gasteiger partial charge in [-0.15, -0.1) is 0 Å². The van der Waals surface area contributed by atoms with E-state index in [-0.39, 0.29) is 0 Å². The molecular weight excluding hydrogens is 384 g/mol. The zero-order chi connectivity index (χ0) is 19.9. The standard InChI is InChI=1S/C23H25ClN4O/c24-20-8-4-19(5-9-20)16-28-14-1-3-21(17-28)27-15-18-6-10-22(11-7-18)29-23-25-12-2-13-26-23/h2,4-13,21,27H,1,3,14-17H2/t21-/m1/s1. The Labute approximate surface area is 176 Å². The van der Waals surface area contributed by atoms with Crippen molar-refractivity contribution in [1.82, 2.24) is 20.2 Å². The van der Waals surface area contributed by atoms with Gasteiger partial charge in [0.05, 0.1) is 0 Å². The van der Waals surface area contributed by atoms with Gasteiger partial charge < -0.3 is 10.1 Å². The second kappa shape index (κ2) is 9.83. The summed E-state index contributed by atoms with van der Waals surface area (Å²) in [7, 11) is 0. The monoisotopic (exact) mass is 408 g/mol. The minimum atomic E-state index is 0.362. The predicted molar refractivity (Wildman–Crippen MR) is 115 cm³/mol. The Morgan fingerprint density at radius 3 is 2.48 bits per heavy atom. The molecule has 0 saturated carbocycles. The van der Waals surface area contributed by atoms with Crippen LogP contribution in [0.2, 0.25) is 5.02 Å². The lowest BCUT2D eigenvalue weighted by Crippen LogP contribution is -2.44. The van der Waals surface area contributed by atoms with Crippen molar-refractivity contribution in [2.45, 2.75) is 32.0 Å². The Bertz CT molecular complexity index is 887. The van der Waals surface area contributed by atoms with Crippen molar-refractivity contribution in [2.24, 2.45) is 0 Å². The summed E-state index contributed by atoms with van der Waals surface area (Å²) in [4.78, 5) is 10.7. The number of rotatable bonds is 7. The Kier molecular flexibility index (Phi) is 6.72. The number of hydrogen-bond donors (Lipinski definition) is 1. The van der Waals surface area contributed by atoms with Crippen LogP contribution in [0, 0.1) is 0 Å². The summed E-state index contributed by atoms with van der Waals surface area (Å²) in [5.41, 5.74) is 2.55. The highest BCUT2D eigenvalue weighted by Crippen LogP contribution is 2.19. The first kappa shape index (κ1) is 19.8. The molecule has 5 nitrogen and oxygen atoms in total. The fraction of sp³-hybridized carbons (Fsp3) is 0.304. The highest BCUT2D eigenvalue weighted by atomic mass is 35.5. The molecule has 2 aromatic carbocycles. The predicted octanol–water partition coefficient (Wildman–Crippen LogP) is 4.68. The summed E-state index contributed by atoms with van der Waals surface area (Å²) in [6, 6.07) is 18.9. The van der Waals surface area contributed by atoms with Gasteiger partial charge in [0.2, 0.25) is 0 Å². The molecule has 1 saturated heterocycles. The lowest BCUT2D eigenvalue weighted by Gasteiger charge is -2.33. The topological polar surface area (TPSA) is 50.3 Å². The molecule has 0 aliphatic carbocycles. The fourth-order valence-electron chi connectivity index (χ4n) is 3.59. The molecule has 1 aliphatic rings. The first-order valence-electron chi connectivity index (χ1n) is 9.98. The molecule has 6 heteroatoms. The zero-order valence-electron chi connectivity index (χ0n) is 16.3. The van der Waals surface area contributed by atoms with Crippen molar-refractivity contribution in [1.29, 1.82) is 0 Å². The normalized spacial score (nSPS) is 17.2. The van der Waals surface area contributed by atoms with Crippen LogP contribution in [0.1, 0.15) is 24.0 Å². The number of nitrogens with one attached hydrogen (secondary N) is 1. The molecule has 0 unspecified atom stereocenters. The lowest BCUT2D eigenvalue weighted by molar-refractivity contribution is 0.182. The third-order valence-electron chi connectivity index (χ3n) is 5.09. The highest BCUT2D eigenvalue weighted by molar-refractivity contribution is 6.30. The molecule has 29 heavy (non-hydrogen) atoms. The van der Waals surface area contributed by atoms with Gasteiger partial charge in [0, 0.05) is 43.1 Å². The number of benzene rings is 2. The molecular formula is C23H25ClN4O. The maximum absolute atomic E-state index is 5.99. The average Bonchev–Trinajstić information content (AvgIpc) is 2.76. The maximum Gasteiger partial charge on any atom is 0.321 e. The third-order valence-corrected chi connectivity index (χ3v) is 5.35. The van der Waals surface area contributed by atoms with Crippen LogP contribution in [-0.4, -0.2) is 34.0 Å². The Balaban J connectivity index is 1.25. The van der Waals surface area contributed by atoms with E-state index in [2.05, 4.69) is 44.5 Å². The second-order valence-corrected chi connectivity index (χ2v) is 7.80.